The van der Waals surface area contributed by atoms with Crippen LogP contribution in [0.5, 0.6) is 0 Å². The molecule has 8 atom stereocenters. The Kier molecular flexibility index (Phi) is 5.66. The van der Waals surface area contributed by atoms with E-state index in [1.54, 1.807) is 6.08 Å². The lowest BCUT2D eigenvalue weighted by Gasteiger charge is -2.69. The predicted octanol–water partition coefficient (Wildman–Crippen LogP) is 5.39. The number of ketones is 2. The average Bonchev–Trinajstić information content (AvgIpc) is 3.41. The summed E-state index contributed by atoms with van der Waals surface area (Å²) in [6, 6.07) is 0. The highest BCUT2D eigenvalue weighted by atomic mass is 16.5. The minimum atomic E-state index is -0.774. The zero-order valence-electron chi connectivity index (χ0n) is 25.3. The smallest absolute Gasteiger partial charge is 0.312 e. The van der Waals surface area contributed by atoms with Gasteiger partial charge in [0.2, 0.25) is 0 Å². The third-order valence-electron chi connectivity index (χ3n) is 13.2. The van der Waals surface area contributed by atoms with Gasteiger partial charge in [-0.05, 0) is 89.2 Å². The lowest BCUT2D eigenvalue weighted by atomic mass is 9.33. The number of ether oxygens (including phenoxy) is 1. The molecule has 5 aliphatic carbocycles. The van der Waals surface area contributed by atoms with Crippen LogP contribution in [0.15, 0.2) is 23.8 Å². The fourth-order valence-electron chi connectivity index (χ4n) is 10.7. The van der Waals surface area contributed by atoms with Crippen LogP contribution >= 0.6 is 0 Å². The van der Waals surface area contributed by atoms with E-state index in [1.807, 2.05) is 6.08 Å². The molecule has 3 fully saturated rings. The molecule has 0 bridgehead atoms. The number of hydrogen-bond acceptors (Lipinski definition) is 7. The molecule has 0 aliphatic heterocycles. The Hall–Kier alpha value is -2.64. The third kappa shape index (κ3) is 3.14. The molecule has 0 spiro atoms. The maximum absolute atomic E-state index is 14.7. The first kappa shape index (κ1) is 27.5. The summed E-state index contributed by atoms with van der Waals surface area (Å²) >= 11 is 0. The van der Waals surface area contributed by atoms with E-state index in [0.29, 0.717) is 18.7 Å². The fraction of sp³-hybridized carbons (Fsp3) is 0.750. The number of hydrogen-bond donors (Lipinski definition) is 1. The molecule has 0 radical (unpaired) electrons. The maximum atomic E-state index is 14.7. The van der Waals surface area contributed by atoms with Gasteiger partial charge in [0.1, 0.15) is 0 Å². The van der Waals surface area contributed by atoms with Crippen molar-refractivity contribution in [2.45, 2.75) is 92.9 Å². The first-order valence-electron chi connectivity index (χ1n) is 14.9. The number of nitrogens with one attached hydrogen (secondary N) is 1. The number of rotatable bonds is 2. The number of nitrogens with zero attached hydrogens (tertiary/aromatic N) is 3. The summed E-state index contributed by atoms with van der Waals surface area (Å²) in [5.74, 6) is -0.0786. The largest absolute Gasteiger partial charge is 0.469 e. The van der Waals surface area contributed by atoms with E-state index in [0.717, 1.165) is 31.3 Å². The highest BCUT2D eigenvalue weighted by molar-refractivity contribution is 5.98. The number of allylic oxidation sites excluding steroid dienone is 4. The summed E-state index contributed by atoms with van der Waals surface area (Å²) in [5, 5.41) is 15.2. The summed E-state index contributed by atoms with van der Waals surface area (Å²) in [4.78, 5) is 41.5. The number of fused-ring (bicyclic) bond motifs is 7. The monoisotopic (exact) mass is 548 g/mol. The first-order chi connectivity index (χ1) is 18.6. The van der Waals surface area contributed by atoms with Gasteiger partial charge in [0.15, 0.2) is 17.4 Å². The fourth-order valence-corrected chi connectivity index (χ4v) is 10.7. The Bertz CT molecular complexity index is 1340. The van der Waals surface area contributed by atoms with Gasteiger partial charge in [0.05, 0.1) is 12.5 Å². The van der Waals surface area contributed by atoms with Crippen molar-refractivity contribution < 1.29 is 19.1 Å². The van der Waals surface area contributed by atoms with E-state index in [2.05, 4.69) is 75.2 Å². The van der Waals surface area contributed by atoms with Crippen LogP contribution in [0.1, 0.15) is 98.7 Å². The van der Waals surface area contributed by atoms with Crippen LogP contribution in [0.4, 0.5) is 0 Å². The van der Waals surface area contributed by atoms with Crippen molar-refractivity contribution in [1.29, 1.82) is 0 Å². The predicted molar refractivity (Wildman–Crippen MR) is 149 cm³/mol. The number of esters is 1. The van der Waals surface area contributed by atoms with Gasteiger partial charge in [-0.15, -0.1) is 5.10 Å². The topological polar surface area (TPSA) is 115 Å². The molecule has 1 aromatic heterocycles. The van der Waals surface area contributed by atoms with Crippen molar-refractivity contribution in [3.63, 3.8) is 0 Å². The van der Waals surface area contributed by atoms with Crippen molar-refractivity contribution in [2.24, 2.45) is 50.2 Å². The van der Waals surface area contributed by atoms with Gasteiger partial charge in [0, 0.05) is 22.7 Å². The number of tetrazole rings is 1. The van der Waals surface area contributed by atoms with Crippen LogP contribution in [-0.2, 0) is 19.1 Å². The molecule has 1 unspecified atom stereocenters. The lowest BCUT2D eigenvalue weighted by molar-refractivity contribution is -0.195. The van der Waals surface area contributed by atoms with E-state index in [9.17, 15) is 14.4 Å². The van der Waals surface area contributed by atoms with E-state index < -0.39 is 10.8 Å². The Balaban J connectivity index is 1.58. The Labute approximate surface area is 237 Å². The summed E-state index contributed by atoms with van der Waals surface area (Å²) in [7, 11) is 1.47. The zero-order chi connectivity index (χ0) is 29.1. The van der Waals surface area contributed by atoms with Gasteiger partial charge >= 0.3 is 5.97 Å². The van der Waals surface area contributed by atoms with Crippen molar-refractivity contribution in [3.8, 4) is 0 Å². The second kappa shape index (κ2) is 8.22. The molecule has 0 saturated heterocycles. The van der Waals surface area contributed by atoms with Gasteiger partial charge in [-0.2, -0.15) is 0 Å². The highest BCUT2D eigenvalue weighted by Crippen LogP contribution is 2.75. The molecular formula is C32H44N4O4. The average molecular weight is 549 g/mol. The second-order valence-corrected chi connectivity index (χ2v) is 15.4. The van der Waals surface area contributed by atoms with Crippen LogP contribution in [0, 0.1) is 50.2 Å². The molecule has 40 heavy (non-hydrogen) atoms. The van der Waals surface area contributed by atoms with Crippen molar-refractivity contribution >= 4 is 17.5 Å². The van der Waals surface area contributed by atoms with Crippen LogP contribution in [0.3, 0.4) is 0 Å². The first-order valence-corrected chi connectivity index (χ1v) is 14.9. The van der Waals surface area contributed by atoms with Crippen molar-refractivity contribution in [1.82, 2.24) is 20.6 Å². The molecule has 216 valence electrons. The number of carbonyl (C=O) groups is 3. The minimum absolute atomic E-state index is 0.0908. The van der Waals surface area contributed by atoms with Crippen molar-refractivity contribution in [3.05, 3.63) is 29.6 Å². The van der Waals surface area contributed by atoms with Crippen LogP contribution < -0.4 is 0 Å². The molecule has 1 heterocycles. The Morgan fingerprint density at radius 3 is 2.33 bits per heavy atom. The van der Waals surface area contributed by atoms with E-state index in [4.69, 9.17) is 4.74 Å². The van der Waals surface area contributed by atoms with Crippen LogP contribution in [-0.4, -0.2) is 45.3 Å². The van der Waals surface area contributed by atoms with Gasteiger partial charge in [-0.25, -0.2) is 5.10 Å². The molecular weight excluding hydrogens is 504 g/mol. The van der Waals surface area contributed by atoms with Gasteiger partial charge in [0.25, 0.3) is 0 Å². The molecule has 1 N–H and O–H groups in total. The molecule has 1 aromatic rings. The van der Waals surface area contributed by atoms with E-state index >= 15 is 0 Å². The number of carbonyl (C=O) groups excluding carboxylic acids is 3. The highest BCUT2D eigenvalue weighted by Gasteiger charge is 2.72. The molecule has 5 aliphatic rings. The summed E-state index contributed by atoms with van der Waals surface area (Å²) in [6.07, 6.45) is 10.5. The zero-order valence-corrected chi connectivity index (χ0v) is 25.3. The Morgan fingerprint density at radius 1 is 0.975 bits per heavy atom. The summed E-state index contributed by atoms with van der Waals surface area (Å²) < 4.78 is 5.51. The molecule has 0 amide bonds. The SMILES string of the molecule is COC(=O)[C@]12CCC(C)(C)C(c3nnn[nH]3)[C@H]1[C@H]1C(=O)C=C3[C@@]4(C)C=CC(=O)C(C)(C)[C@@H]4CC[C@@]3(C)[C@]1(C)CC2. The molecule has 8 heteroatoms. The van der Waals surface area contributed by atoms with Gasteiger partial charge in [-0.3, -0.25) is 14.4 Å². The molecule has 3 saturated carbocycles. The minimum Gasteiger partial charge on any atom is -0.469 e. The number of methoxy groups -OCH3 is 1. The van der Waals surface area contributed by atoms with E-state index in [-0.39, 0.29) is 62.9 Å². The third-order valence-corrected chi connectivity index (χ3v) is 13.2. The molecule has 0 aromatic carbocycles. The number of aromatic amines is 1. The Morgan fingerprint density at radius 2 is 1.68 bits per heavy atom. The molecule has 6 rings (SSSR count). The van der Waals surface area contributed by atoms with E-state index in [1.165, 1.54) is 7.11 Å². The lowest BCUT2D eigenvalue weighted by Crippen LogP contribution is -2.67. The summed E-state index contributed by atoms with van der Waals surface area (Å²) in [6.45, 7) is 15.4. The van der Waals surface area contributed by atoms with Gasteiger partial charge < -0.3 is 4.74 Å². The quantitative estimate of drug-likeness (QED) is 0.493. The standard InChI is InChI=1S/C32H44N4O4/c1-27(2)13-15-32(26(39)40-8)16-14-31(7)22(23(32)24(27)25-33-35-36-34-25)18(37)17-20-29(5)11-10-21(38)28(3,4)19(29)9-12-30(20,31)6/h10-11,17,19,22-24H,9,12-16H2,1-8H3,(H,33,34,35,36)/t19-,22+,23+,24?,29-,30+,31+,32-/m0/s1. The maximum Gasteiger partial charge on any atom is 0.312 e. The number of H-pyrrole nitrogens is 1. The van der Waals surface area contributed by atoms with Gasteiger partial charge in [-0.1, -0.05) is 60.1 Å². The van der Waals surface area contributed by atoms with Crippen LogP contribution in [0.2, 0.25) is 0 Å². The summed E-state index contributed by atoms with van der Waals surface area (Å²) in [5.41, 5.74) is -1.37. The second-order valence-electron chi connectivity index (χ2n) is 15.4. The van der Waals surface area contributed by atoms with Crippen molar-refractivity contribution in [2.75, 3.05) is 7.11 Å². The normalized spacial score (nSPS) is 45.0. The number of aromatic nitrogens is 4. The van der Waals surface area contributed by atoms with Crippen LogP contribution in [0.25, 0.3) is 0 Å². The molecule has 8 nitrogen and oxygen atoms in total.